The molecule has 1 heterocycles. The molecular weight excluding hydrogens is 357 g/mol. The first-order chi connectivity index (χ1) is 10.1. The highest BCUT2D eigenvalue weighted by atomic mass is 79.9. The van der Waals surface area contributed by atoms with Crippen molar-refractivity contribution >= 4 is 38.4 Å². The summed E-state index contributed by atoms with van der Waals surface area (Å²) in [6, 6.07) is 10.3. The quantitative estimate of drug-likeness (QED) is 0.710. The van der Waals surface area contributed by atoms with Crippen LogP contribution in [0.25, 0.3) is 10.9 Å². The van der Waals surface area contributed by atoms with Gasteiger partial charge in [-0.05, 0) is 30.3 Å². The van der Waals surface area contributed by atoms with Crippen molar-refractivity contribution in [3.8, 4) is 0 Å². The molecule has 0 atom stereocenters. The van der Waals surface area contributed by atoms with Crippen molar-refractivity contribution in [1.29, 1.82) is 0 Å². The number of hydrogen-bond donors (Lipinski definition) is 1. The number of aliphatic hydroxyl groups is 1. The minimum Gasteiger partial charge on any atom is -0.392 e. The molecule has 0 aliphatic heterocycles. The van der Waals surface area contributed by atoms with Crippen LogP contribution in [-0.2, 0) is 13.2 Å². The van der Waals surface area contributed by atoms with Gasteiger partial charge in [0.2, 0.25) is 0 Å². The van der Waals surface area contributed by atoms with E-state index in [1.165, 1.54) is 6.07 Å². The summed E-state index contributed by atoms with van der Waals surface area (Å²) in [5.41, 5.74) is 2.26. The molecule has 0 radical (unpaired) electrons. The van der Waals surface area contributed by atoms with Gasteiger partial charge in [-0.25, -0.2) is 4.39 Å². The van der Waals surface area contributed by atoms with Crippen LogP contribution in [0, 0.1) is 5.82 Å². The Kier molecular flexibility index (Phi) is 4.02. The average Bonchev–Trinajstić information content (AvgIpc) is 2.80. The number of aromatic nitrogens is 1. The second-order valence-corrected chi connectivity index (χ2v) is 6.19. The Morgan fingerprint density at radius 1 is 1.14 bits per heavy atom. The maximum atomic E-state index is 13.9. The molecule has 3 aromatic rings. The van der Waals surface area contributed by atoms with E-state index in [1.807, 2.05) is 22.9 Å². The number of halogens is 3. The van der Waals surface area contributed by atoms with Crippen LogP contribution in [0.2, 0.25) is 5.02 Å². The maximum absolute atomic E-state index is 13.9. The molecule has 0 aliphatic carbocycles. The van der Waals surface area contributed by atoms with E-state index in [4.69, 9.17) is 11.6 Å². The predicted octanol–water partition coefficient (Wildman–Crippen LogP) is 4.74. The van der Waals surface area contributed by atoms with E-state index < -0.39 is 0 Å². The first kappa shape index (κ1) is 14.6. The molecular formula is C16H12BrClFNO. The summed E-state index contributed by atoms with van der Waals surface area (Å²) >= 11 is 9.40. The smallest absolute Gasteiger partial charge is 0.128 e. The van der Waals surface area contributed by atoms with Crippen LogP contribution in [0.3, 0.4) is 0 Å². The Hall–Kier alpha value is -1.36. The van der Waals surface area contributed by atoms with Crippen molar-refractivity contribution in [2.75, 3.05) is 0 Å². The van der Waals surface area contributed by atoms with Gasteiger partial charge in [-0.2, -0.15) is 0 Å². The van der Waals surface area contributed by atoms with Gasteiger partial charge in [0, 0.05) is 32.2 Å². The normalized spacial score (nSPS) is 11.2. The Morgan fingerprint density at radius 2 is 1.95 bits per heavy atom. The molecule has 0 unspecified atom stereocenters. The summed E-state index contributed by atoms with van der Waals surface area (Å²) in [6.07, 6.45) is 1.83. The highest BCUT2D eigenvalue weighted by Gasteiger charge is 2.11. The van der Waals surface area contributed by atoms with Gasteiger partial charge in [-0.1, -0.05) is 33.6 Å². The van der Waals surface area contributed by atoms with Crippen molar-refractivity contribution in [2.24, 2.45) is 0 Å². The van der Waals surface area contributed by atoms with Crippen LogP contribution < -0.4 is 0 Å². The molecule has 2 aromatic carbocycles. The van der Waals surface area contributed by atoms with Crippen LogP contribution in [0.4, 0.5) is 4.39 Å². The second kappa shape index (κ2) is 5.79. The van der Waals surface area contributed by atoms with Gasteiger partial charge in [0.05, 0.1) is 18.7 Å². The SMILES string of the molecule is OCc1cn(Cc2cc(Br)ccc2F)c2cc(Cl)ccc12. The highest BCUT2D eigenvalue weighted by Crippen LogP contribution is 2.26. The van der Waals surface area contributed by atoms with Gasteiger partial charge in [-0.15, -0.1) is 0 Å². The summed E-state index contributed by atoms with van der Waals surface area (Å²) in [7, 11) is 0. The van der Waals surface area contributed by atoms with E-state index in [2.05, 4.69) is 15.9 Å². The van der Waals surface area contributed by atoms with Gasteiger partial charge >= 0.3 is 0 Å². The molecule has 1 N–H and O–H groups in total. The zero-order valence-electron chi connectivity index (χ0n) is 11.0. The zero-order chi connectivity index (χ0) is 15.0. The van der Waals surface area contributed by atoms with Gasteiger partial charge in [-0.3, -0.25) is 0 Å². The molecule has 3 rings (SSSR count). The Bertz CT molecular complexity index is 815. The lowest BCUT2D eigenvalue weighted by atomic mass is 10.2. The Labute approximate surface area is 134 Å². The summed E-state index contributed by atoms with van der Waals surface area (Å²) in [6.45, 7) is 0.314. The number of rotatable bonds is 3. The van der Waals surface area contributed by atoms with Crippen molar-refractivity contribution in [3.63, 3.8) is 0 Å². The molecule has 0 saturated carbocycles. The fourth-order valence-corrected chi connectivity index (χ4v) is 3.02. The van der Waals surface area contributed by atoms with E-state index in [1.54, 1.807) is 18.2 Å². The fourth-order valence-electron chi connectivity index (χ4n) is 2.45. The number of benzene rings is 2. The Balaban J connectivity index is 2.12. The van der Waals surface area contributed by atoms with Gasteiger partial charge in [0.1, 0.15) is 5.82 Å². The third-order valence-electron chi connectivity index (χ3n) is 3.45. The lowest BCUT2D eigenvalue weighted by Crippen LogP contribution is -2.00. The topological polar surface area (TPSA) is 25.2 Å². The molecule has 108 valence electrons. The molecule has 1 aromatic heterocycles. The largest absolute Gasteiger partial charge is 0.392 e. The van der Waals surface area contributed by atoms with E-state index in [0.29, 0.717) is 17.1 Å². The molecule has 0 fully saturated rings. The zero-order valence-corrected chi connectivity index (χ0v) is 13.3. The standard InChI is InChI=1S/C16H12BrClFNO/c17-12-1-4-15(19)10(5-12)7-20-8-11(9-21)14-3-2-13(18)6-16(14)20/h1-6,8,21H,7,9H2. The summed E-state index contributed by atoms with van der Waals surface area (Å²) in [5, 5.41) is 11.0. The third-order valence-corrected chi connectivity index (χ3v) is 4.17. The van der Waals surface area contributed by atoms with Crippen molar-refractivity contribution in [1.82, 2.24) is 4.57 Å². The van der Waals surface area contributed by atoms with Crippen LogP contribution in [-0.4, -0.2) is 9.67 Å². The van der Waals surface area contributed by atoms with Crippen LogP contribution in [0.15, 0.2) is 47.1 Å². The highest BCUT2D eigenvalue weighted by molar-refractivity contribution is 9.10. The molecule has 2 nitrogen and oxygen atoms in total. The average molecular weight is 369 g/mol. The molecule has 5 heteroatoms. The molecule has 0 spiro atoms. The first-order valence-corrected chi connectivity index (χ1v) is 7.57. The van der Waals surface area contributed by atoms with Crippen LogP contribution in [0.1, 0.15) is 11.1 Å². The molecule has 0 saturated heterocycles. The van der Waals surface area contributed by atoms with E-state index in [9.17, 15) is 9.50 Å². The van der Waals surface area contributed by atoms with E-state index in [-0.39, 0.29) is 12.4 Å². The van der Waals surface area contributed by atoms with Gasteiger partial charge in [0.25, 0.3) is 0 Å². The maximum Gasteiger partial charge on any atom is 0.128 e. The molecule has 0 bridgehead atoms. The molecule has 21 heavy (non-hydrogen) atoms. The first-order valence-electron chi connectivity index (χ1n) is 6.40. The predicted molar refractivity (Wildman–Crippen MR) is 86.1 cm³/mol. The minimum absolute atomic E-state index is 0.0634. The van der Waals surface area contributed by atoms with E-state index >= 15 is 0 Å². The van der Waals surface area contributed by atoms with E-state index in [0.717, 1.165) is 20.9 Å². The Morgan fingerprint density at radius 3 is 2.71 bits per heavy atom. The van der Waals surface area contributed by atoms with Crippen LogP contribution >= 0.6 is 27.5 Å². The monoisotopic (exact) mass is 367 g/mol. The number of nitrogens with zero attached hydrogens (tertiary/aromatic N) is 1. The number of hydrogen-bond acceptors (Lipinski definition) is 1. The second-order valence-electron chi connectivity index (χ2n) is 4.84. The van der Waals surface area contributed by atoms with Crippen LogP contribution in [0.5, 0.6) is 0 Å². The van der Waals surface area contributed by atoms with Crippen molar-refractivity contribution in [3.05, 3.63) is 69.0 Å². The van der Waals surface area contributed by atoms with Crippen molar-refractivity contribution in [2.45, 2.75) is 13.2 Å². The van der Waals surface area contributed by atoms with Gasteiger partial charge < -0.3 is 9.67 Å². The van der Waals surface area contributed by atoms with Crippen molar-refractivity contribution < 1.29 is 9.50 Å². The summed E-state index contributed by atoms with van der Waals surface area (Å²) < 4.78 is 16.6. The summed E-state index contributed by atoms with van der Waals surface area (Å²) in [5.74, 6) is -0.257. The third kappa shape index (κ3) is 2.84. The lowest BCUT2D eigenvalue weighted by Gasteiger charge is -2.07. The summed E-state index contributed by atoms with van der Waals surface area (Å²) in [4.78, 5) is 0. The number of aliphatic hydroxyl groups excluding tert-OH is 1. The lowest BCUT2D eigenvalue weighted by molar-refractivity contribution is 0.283. The van der Waals surface area contributed by atoms with Gasteiger partial charge in [0.15, 0.2) is 0 Å². The fraction of sp³-hybridized carbons (Fsp3) is 0.125. The molecule has 0 aliphatic rings. The molecule has 0 amide bonds. The number of fused-ring (bicyclic) bond motifs is 1. The minimum atomic E-state index is -0.257.